The maximum atomic E-state index is 11.9. The Balaban J connectivity index is 3.62. The lowest BCUT2D eigenvalue weighted by Gasteiger charge is -2.18. The minimum atomic E-state index is -4.21. The summed E-state index contributed by atoms with van der Waals surface area (Å²) in [4.78, 5) is 0. The summed E-state index contributed by atoms with van der Waals surface area (Å²) < 4.78 is 40.3. The van der Waals surface area contributed by atoms with Gasteiger partial charge in [0.05, 0.1) is 0 Å². The van der Waals surface area contributed by atoms with Gasteiger partial charge in [-0.1, -0.05) is 39.5 Å². The van der Waals surface area contributed by atoms with E-state index >= 15 is 0 Å². The van der Waals surface area contributed by atoms with Gasteiger partial charge in [-0.15, -0.1) is 0 Å². The Kier molecular flexibility index (Phi) is 10.4. The minimum absolute atomic E-state index is 0.172. The molecule has 0 saturated carbocycles. The molecule has 0 rings (SSSR count). The van der Waals surface area contributed by atoms with Crippen molar-refractivity contribution >= 4 is 0 Å². The molecule has 0 aromatic rings. The van der Waals surface area contributed by atoms with Crippen molar-refractivity contribution in [2.45, 2.75) is 64.6 Å². The highest BCUT2D eigenvalue weighted by molar-refractivity contribution is 4.66. The van der Waals surface area contributed by atoms with E-state index in [1.54, 1.807) is 0 Å². The summed E-state index contributed by atoms with van der Waals surface area (Å²) in [5.74, 6) is 0. The van der Waals surface area contributed by atoms with Crippen LogP contribution in [0.4, 0.5) is 13.2 Å². The molecular formula is C13H26F3NO. The SMILES string of the molecule is CCCCCCC(CCOCC(F)(F)F)NCC. The van der Waals surface area contributed by atoms with Crippen LogP contribution < -0.4 is 5.32 Å². The van der Waals surface area contributed by atoms with Gasteiger partial charge in [-0.25, -0.2) is 0 Å². The van der Waals surface area contributed by atoms with Crippen LogP contribution in [0.5, 0.6) is 0 Å². The molecule has 0 saturated heterocycles. The molecule has 0 aromatic heterocycles. The molecular weight excluding hydrogens is 243 g/mol. The van der Waals surface area contributed by atoms with Crippen LogP contribution in [0, 0.1) is 0 Å². The van der Waals surface area contributed by atoms with Gasteiger partial charge in [-0.2, -0.15) is 13.2 Å². The fourth-order valence-corrected chi connectivity index (χ4v) is 1.87. The lowest BCUT2D eigenvalue weighted by molar-refractivity contribution is -0.174. The first-order chi connectivity index (χ1) is 8.49. The molecule has 0 fully saturated rings. The first-order valence-electron chi connectivity index (χ1n) is 6.87. The number of halogens is 3. The molecule has 18 heavy (non-hydrogen) atoms. The van der Waals surface area contributed by atoms with Crippen LogP contribution >= 0.6 is 0 Å². The summed E-state index contributed by atoms with van der Waals surface area (Å²) in [7, 11) is 0. The molecule has 0 radical (unpaired) electrons. The molecule has 0 heterocycles. The normalized spacial score (nSPS) is 13.8. The van der Waals surface area contributed by atoms with Crippen LogP contribution in [-0.2, 0) is 4.74 Å². The van der Waals surface area contributed by atoms with Gasteiger partial charge in [-0.3, -0.25) is 0 Å². The second-order valence-electron chi connectivity index (χ2n) is 4.56. The number of rotatable bonds is 11. The predicted molar refractivity (Wildman–Crippen MR) is 67.7 cm³/mol. The van der Waals surface area contributed by atoms with E-state index in [4.69, 9.17) is 0 Å². The average Bonchev–Trinajstić information content (AvgIpc) is 2.28. The van der Waals surface area contributed by atoms with Gasteiger partial charge in [0.2, 0.25) is 0 Å². The van der Waals surface area contributed by atoms with E-state index in [-0.39, 0.29) is 12.6 Å². The third kappa shape index (κ3) is 12.2. The zero-order valence-corrected chi connectivity index (χ0v) is 11.5. The van der Waals surface area contributed by atoms with E-state index in [9.17, 15) is 13.2 Å². The van der Waals surface area contributed by atoms with Crippen molar-refractivity contribution in [3.8, 4) is 0 Å². The minimum Gasteiger partial charge on any atom is -0.372 e. The number of hydrogen-bond donors (Lipinski definition) is 1. The Labute approximate surface area is 108 Å². The van der Waals surface area contributed by atoms with Crippen molar-refractivity contribution in [1.29, 1.82) is 0 Å². The molecule has 2 nitrogen and oxygen atoms in total. The number of hydrogen-bond acceptors (Lipinski definition) is 2. The lowest BCUT2D eigenvalue weighted by Crippen LogP contribution is -2.30. The maximum Gasteiger partial charge on any atom is 0.411 e. The first kappa shape index (κ1) is 17.7. The van der Waals surface area contributed by atoms with Crippen LogP contribution in [0.2, 0.25) is 0 Å². The smallest absolute Gasteiger partial charge is 0.372 e. The second kappa shape index (κ2) is 10.6. The Hall–Kier alpha value is -0.290. The van der Waals surface area contributed by atoms with E-state index < -0.39 is 12.8 Å². The monoisotopic (exact) mass is 269 g/mol. The van der Waals surface area contributed by atoms with E-state index in [0.29, 0.717) is 6.42 Å². The first-order valence-corrected chi connectivity index (χ1v) is 6.87. The zero-order chi connectivity index (χ0) is 13.9. The maximum absolute atomic E-state index is 11.9. The molecule has 0 aliphatic carbocycles. The van der Waals surface area contributed by atoms with Gasteiger partial charge in [0.25, 0.3) is 0 Å². The fraction of sp³-hybridized carbons (Fsp3) is 1.00. The number of alkyl halides is 3. The quantitative estimate of drug-likeness (QED) is 0.574. The third-order valence-corrected chi connectivity index (χ3v) is 2.78. The van der Waals surface area contributed by atoms with Gasteiger partial charge in [0.15, 0.2) is 0 Å². The van der Waals surface area contributed by atoms with Crippen molar-refractivity contribution in [3.63, 3.8) is 0 Å². The average molecular weight is 269 g/mol. The molecule has 0 amide bonds. The highest BCUT2D eigenvalue weighted by Gasteiger charge is 2.27. The topological polar surface area (TPSA) is 21.3 Å². The van der Waals surface area contributed by atoms with Gasteiger partial charge >= 0.3 is 6.18 Å². The summed E-state index contributed by atoms with van der Waals surface area (Å²) in [5, 5.41) is 3.30. The van der Waals surface area contributed by atoms with Crippen molar-refractivity contribution in [3.05, 3.63) is 0 Å². The molecule has 110 valence electrons. The Morgan fingerprint density at radius 3 is 2.33 bits per heavy atom. The van der Waals surface area contributed by atoms with Crippen LogP contribution in [-0.4, -0.2) is 32.0 Å². The zero-order valence-electron chi connectivity index (χ0n) is 11.5. The van der Waals surface area contributed by atoms with Crippen molar-refractivity contribution in [1.82, 2.24) is 5.32 Å². The van der Waals surface area contributed by atoms with E-state index in [2.05, 4.69) is 17.0 Å². The van der Waals surface area contributed by atoms with Crippen molar-refractivity contribution in [2.24, 2.45) is 0 Å². The summed E-state index contributed by atoms with van der Waals surface area (Å²) in [6.07, 6.45) is 2.20. The fourth-order valence-electron chi connectivity index (χ4n) is 1.87. The van der Waals surface area contributed by atoms with Crippen molar-refractivity contribution in [2.75, 3.05) is 19.8 Å². The molecule has 1 atom stereocenters. The predicted octanol–water partition coefficient (Wildman–Crippen LogP) is 3.90. The molecule has 5 heteroatoms. The van der Waals surface area contributed by atoms with E-state index in [1.165, 1.54) is 19.3 Å². The van der Waals surface area contributed by atoms with Gasteiger partial charge in [0, 0.05) is 12.6 Å². The number of unbranched alkanes of at least 4 members (excludes halogenated alkanes) is 3. The van der Waals surface area contributed by atoms with Gasteiger partial charge in [0.1, 0.15) is 6.61 Å². The molecule has 0 aliphatic heterocycles. The standard InChI is InChI=1S/C13H26F3NO/c1-3-5-6-7-8-12(17-4-2)9-10-18-11-13(14,15)16/h12,17H,3-11H2,1-2H3. The van der Waals surface area contributed by atoms with Crippen LogP contribution in [0.1, 0.15) is 52.4 Å². The number of ether oxygens (including phenoxy) is 1. The highest BCUT2D eigenvalue weighted by atomic mass is 19.4. The Bertz CT molecular complexity index is 186. The third-order valence-electron chi connectivity index (χ3n) is 2.78. The summed E-state index contributed by atoms with van der Waals surface area (Å²) in [5.41, 5.74) is 0. The number of nitrogens with one attached hydrogen (secondary N) is 1. The van der Waals surface area contributed by atoms with Crippen LogP contribution in [0.15, 0.2) is 0 Å². The summed E-state index contributed by atoms with van der Waals surface area (Å²) >= 11 is 0. The molecule has 0 bridgehead atoms. The van der Waals surface area contributed by atoms with Crippen LogP contribution in [0.3, 0.4) is 0 Å². The molecule has 0 aliphatic rings. The van der Waals surface area contributed by atoms with Gasteiger partial charge < -0.3 is 10.1 Å². The molecule has 0 spiro atoms. The molecule has 1 N–H and O–H groups in total. The van der Waals surface area contributed by atoms with E-state index in [1.807, 2.05) is 6.92 Å². The highest BCUT2D eigenvalue weighted by Crippen LogP contribution is 2.15. The van der Waals surface area contributed by atoms with Crippen molar-refractivity contribution < 1.29 is 17.9 Å². The second-order valence-corrected chi connectivity index (χ2v) is 4.56. The Morgan fingerprint density at radius 2 is 1.78 bits per heavy atom. The van der Waals surface area contributed by atoms with E-state index in [0.717, 1.165) is 19.4 Å². The summed E-state index contributed by atoms with van der Waals surface area (Å²) in [6.45, 7) is 4.05. The Morgan fingerprint density at radius 1 is 1.06 bits per heavy atom. The van der Waals surface area contributed by atoms with Gasteiger partial charge in [-0.05, 0) is 19.4 Å². The van der Waals surface area contributed by atoms with Crippen LogP contribution in [0.25, 0.3) is 0 Å². The molecule has 0 aromatic carbocycles. The molecule has 1 unspecified atom stereocenters. The lowest BCUT2D eigenvalue weighted by atomic mass is 10.0. The summed E-state index contributed by atoms with van der Waals surface area (Å²) in [6, 6.07) is 0.278. The largest absolute Gasteiger partial charge is 0.411 e.